The van der Waals surface area contributed by atoms with Crippen LogP contribution in [0.2, 0.25) is 0 Å². The number of nitrogens with zero attached hydrogens (tertiary/aromatic N) is 5. The van der Waals surface area contributed by atoms with Crippen LogP contribution < -0.4 is 4.90 Å². The third-order valence-electron chi connectivity index (χ3n) is 4.99. The number of hydrogen-bond acceptors (Lipinski definition) is 6. The van der Waals surface area contributed by atoms with Gasteiger partial charge in [0.2, 0.25) is 5.91 Å². The molecule has 0 aliphatic carbocycles. The Balaban J connectivity index is 2.02. The van der Waals surface area contributed by atoms with Gasteiger partial charge in [0.15, 0.2) is 0 Å². The topological polar surface area (TPSA) is 82.3 Å². The Hall–Kier alpha value is -3.05. The number of carbonyl (C=O) groups is 1. The number of anilines is 1. The minimum Gasteiger partial charge on any atom is -0.378 e. The van der Waals surface area contributed by atoms with Crippen LogP contribution in [0.5, 0.6) is 0 Å². The molecule has 1 aliphatic rings. The lowest BCUT2D eigenvalue weighted by Gasteiger charge is -2.36. The fourth-order valence-electron chi connectivity index (χ4n) is 3.48. The molecule has 0 unspecified atom stereocenters. The van der Waals surface area contributed by atoms with Gasteiger partial charge in [-0.25, -0.2) is 14.4 Å². The van der Waals surface area contributed by atoms with Crippen molar-refractivity contribution in [3.05, 3.63) is 52.7 Å². The summed E-state index contributed by atoms with van der Waals surface area (Å²) in [4.78, 5) is 24.7. The van der Waals surface area contributed by atoms with E-state index in [1.165, 1.54) is 6.07 Å². The van der Waals surface area contributed by atoms with Gasteiger partial charge in [-0.1, -0.05) is 18.2 Å². The molecule has 152 valence electrons. The Morgan fingerprint density at radius 2 is 1.97 bits per heavy atom. The lowest BCUT2D eigenvalue weighted by molar-refractivity contribution is -0.129. The Labute approximate surface area is 169 Å². The van der Waals surface area contributed by atoms with Crippen molar-refractivity contribution in [1.82, 2.24) is 14.9 Å². The van der Waals surface area contributed by atoms with Gasteiger partial charge in [-0.2, -0.15) is 5.26 Å². The number of ether oxygens (including phenoxy) is 1. The van der Waals surface area contributed by atoms with Gasteiger partial charge in [-0.05, 0) is 11.6 Å². The number of benzene rings is 1. The smallest absolute Gasteiger partial charge is 0.219 e. The number of aromatic nitrogens is 2. The van der Waals surface area contributed by atoms with E-state index in [0.717, 1.165) is 5.56 Å². The highest BCUT2D eigenvalue weighted by Gasteiger charge is 2.25. The predicted molar refractivity (Wildman–Crippen MR) is 106 cm³/mol. The van der Waals surface area contributed by atoms with Crippen LogP contribution in [0.15, 0.2) is 24.3 Å². The number of hydrogen-bond donors (Lipinski definition) is 0. The molecular formula is C21H24FN5O2. The van der Waals surface area contributed by atoms with Gasteiger partial charge in [-0.15, -0.1) is 0 Å². The number of piperazine rings is 1. The van der Waals surface area contributed by atoms with Crippen LogP contribution in [-0.4, -0.2) is 54.1 Å². The van der Waals surface area contributed by atoms with Crippen molar-refractivity contribution >= 4 is 11.7 Å². The Kier molecular flexibility index (Phi) is 6.73. The molecule has 8 heteroatoms. The first kappa shape index (κ1) is 20.7. The molecule has 2 heterocycles. The van der Waals surface area contributed by atoms with Crippen LogP contribution in [0.4, 0.5) is 10.2 Å². The SMILES string of the molecule is COCc1nc(CC#N)nc(N2CCN(C(C)=O)CC2)c1Cc1ccccc1F. The van der Waals surface area contributed by atoms with Gasteiger partial charge in [0.05, 0.1) is 24.8 Å². The zero-order valence-corrected chi connectivity index (χ0v) is 16.7. The van der Waals surface area contributed by atoms with Crippen molar-refractivity contribution in [2.24, 2.45) is 0 Å². The maximum Gasteiger partial charge on any atom is 0.219 e. The van der Waals surface area contributed by atoms with Gasteiger partial charge in [0.25, 0.3) is 0 Å². The normalized spacial score (nSPS) is 14.0. The van der Waals surface area contributed by atoms with Crippen molar-refractivity contribution in [3.8, 4) is 6.07 Å². The highest BCUT2D eigenvalue weighted by molar-refractivity contribution is 5.73. The molecule has 3 rings (SSSR count). The quantitative estimate of drug-likeness (QED) is 0.742. The molecule has 1 fully saturated rings. The molecular weight excluding hydrogens is 373 g/mol. The zero-order valence-electron chi connectivity index (χ0n) is 16.7. The predicted octanol–water partition coefficient (Wildman–Crippen LogP) is 2.09. The number of rotatable bonds is 6. The van der Waals surface area contributed by atoms with E-state index < -0.39 is 0 Å². The van der Waals surface area contributed by atoms with E-state index in [1.54, 1.807) is 37.1 Å². The molecule has 2 aromatic rings. The van der Waals surface area contributed by atoms with E-state index in [4.69, 9.17) is 10.00 Å². The van der Waals surface area contributed by atoms with Crippen molar-refractivity contribution in [2.75, 3.05) is 38.2 Å². The van der Waals surface area contributed by atoms with Crippen molar-refractivity contribution < 1.29 is 13.9 Å². The van der Waals surface area contributed by atoms with E-state index in [0.29, 0.717) is 55.5 Å². The molecule has 0 N–H and O–H groups in total. The monoisotopic (exact) mass is 397 g/mol. The molecule has 0 saturated carbocycles. The average molecular weight is 397 g/mol. The summed E-state index contributed by atoms with van der Waals surface area (Å²) in [6.07, 6.45) is 0.400. The molecule has 0 bridgehead atoms. The van der Waals surface area contributed by atoms with Crippen molar-refractivity contribution in [1.29, 1.82) is 5.26 Å². The maximum atomic E-state index is 14.3. The summed E-state index contributed by atoms with van der Waals surface area (Å²) in [5, 5.41) is 9.11. The second kappa shape index (κ2) is 9.43. The van der Waals surface area contributed by atoms with E-state index in [1.807, 2.05) is 0 Å². The average Bonchev–Trinajstić information content (AvgIpc) is 2.71. The fourth-order valence-corrected chi connectivity index (χ4v) is 3.48. The van der Waals surface area contributed by atoms with E-state index in [-0.39, 0.29) is 24.8 Å². The minimum atomic E-state index is -0.288. The van der Waals surface area contributed by atoms with Crippen LogP contribution in [0.1, 0.15) is 29.6 Å². The zero-order chi connectivity index (χ0) is 20.8. The van der Waals surface area contributed by atoms with Gasteiger partial charge in [0.1, 0.15) is 17.5 Å². The maximum absolute atomic E-state index is 14.3. The van der Waals surface area contributed by atoms with Gasteiger partial charge >= 0.3 is 0 Å². The van der Waals surface area contributed by atoms with Crippen LogP contribution in [0.25, 0.3) is 0 Å². The van der Waals surface area contributed by atoms with Gasteiger partial charge < -0.3 is 14.5 Å². The molecule has 7 nitrogen and oxygen atoms in total. The molecule has 1 aromatic heterocycles. The van der Waals surface area contributed by atoms with E-state index in [9.17, 15) is 9.18 Å². The second-order valence-electron chi connectivity index (χ2n) is 6.92. The first-order valence-corrected chi connectivity index (χ1v) is 9.52. The number of amides is 1. The van der Waals surface area contributed by atoms with Gasteiger partial charge in [-0.3, -0.25) is 4.79 Å². The first-order valence-electron chi connectivity index (χ1n) is 9.52. The van der Waals surface area contributed by atoms with Gasteiger partial charge in [0, 0.05) is 52.2 Å². The molecule has 0 spiro atoms. The Morgan fingerprint density at radius 3 is 2.59 bits per heavy atom. The molecule has 1 aromatic carbocycles. The summed E-state index contributed by atoms with van der Waals surface area (Å²) < 4.78 is 19.7. The summed E-state index contributed by atoms with van der Waals surface area (Å²) in [6, 6.07) is 8.71. The lowest BCUT2D eigenvalue weighted by atomic mass is 10.0. The second-order valence-corrected chi connectivity index (χ2v) is 6.92. The molecule has 1 saturated heterocycles. The summed E-state index contributed by atoms with van der Waals surface area (Å²) in [5.41, 5.74) is 1.99. The largest absolute Gasteiger partial charge is 0.378 e. The third kappa shape index (κ3) is 4.87. The standard InChI is InChI=1S/C21H24FN5O2/c1-15(28)26-9-11-27(12-10-26)21-17(13-16-5-3-4-6-18(16)22)19(14-29-2)24-20(25-21)7-8-23/h3-6H,7,9-14H2,1-2H3. The fraction of sp³-hybridized carbons (Fsp3) is 0.429. The molecule has 1 amide bonds. The Bertz CT molecular complexity index is 920. The van der Waals surface area contributed by atoms with Crippen LogP contribution in [0, 0.1) is 17.1 Å². The van der Waals surface area contributed by atoms with Crippen molar-refractivity contribution in [2.45, 2.75) is 26.4 Å². The highest BCUT2D eigenvalue weighted by atomic mass is 19.1. The Morgan fingerprint density at radius 1 is 1.24 bits per heavy atom. The number of halogens is 1. The van der Waals surface area contributed by atoms with E-state index in [2.05, 4.69) is 20.9 Å². The van der Waals surface area contributed by atoms with E-state index >= 15 is 0 Å². The van der Waals surface area contributed by atoms with Crippen molar-refractivity contribution in [3.63, 3.8) is 0 Å². The minimum absolute atomic E-state index is 0.0455. The number of methoxy groups -OCH3 is 1. The summed E-state index contributed by atoms with van der Waals surface area (Å²) in [7, 11) is 1.57. The number of nitriles is 1. The first-order chi connectivity index (χ1) is 14.0. The summed E-state index contributed by atoms with van der Waals surface area (Å²) in [6.45, 7) is 4.20. The molecule has 0 atom stereocenters. The van der Waals surface area contributed by atoms with Crippen LogP contribution in [-0.2, 0) is 29.0 Å². The molecule has 0 radical (unpaired) electrons. The highest BCUT2D eigenvalue weighted by Crippen LogP contribution is 2.27. The van der Waals surface area contributed by atoms with Crippen LogP contribution >= 0.6 is 0 Å². The summed E-state index contributed by atoms with van der Waals surface area (Å²) in [5.74, 6) is 0.859. The number of carbonyl (C=O) groups excluding carboxylic acids is 1. The molecule has 29 heavy (non-hydrogen) atoms. The lowest BCUT2D eigenvalue weighted by Crippen LogP contribution is -2.48. The van der Waals surface area contributed by atoms with Crippen LogP contribution in [0.3, 0.4) is 0 Å². The summed E-state index contributed by atoms with van der Waals surface area (Å²) >= 11 is 0. The molecule has 1 aliphatic heterocycles. The third-order valence-corrected chi connectivity index (χ3v) is 4.99.